The minimum absolute atomic E-state index is 0.103. The van der Waals surface area contributed by atoms with Gasteiger partial charge in [0.05, 0.1) is 0 Å². The summed E-state index contributed by atoms with van der Waals surface area (Å²) in [5.41, 5.74) is 5.15. The number of carbonyl (C=O) groups excluding carboxylic acids is 1. The summed E-state index contributed by atoms with van der Waals surface area (Å²) in [7, 11) is 0. The van der Waals surface area contributed by atoms with Crippen molar-refractivity contribution in [3.05, 3.63) is 132 Å². The first-order valence-electron chi connectivity index (χ1n) is 15.1. The molecule has 0 aliphatic carbocycles. The summed E-state index contributed by atoms with van der Waals surface area (Å²) in [6, 6.07) is 29.2. The van der Waals surface area contributed by atoms with E-state index < -0.39 is 0 Å². The molecule has 2 atom stereocenters. The van der Waals surface area contributed by atoms with Crippen LogP contribution in [0.1, 0.15) is 47.9 Å². The van der Waals surface area contributed by atoms with Crippen LogP contribution >= 0.6 is 0 Å². The molecule has 2 aromatic heterocycles. The van der Waals surface area contributed by atoms with E-state index in [4.69, 9.17) is 0 Å². The molecule has 4 heterocycles. The number of piperidine rings is 2. The van der Waals surface area contributed by atoms with Gasteiger partial charge in [-0.05, 0) is 85.4 Å². The van der Waals surface area contributed by atoms with Crippen LogP contribution in [0.2, 0.25) is 0 Å². The molecule has 0 saturated carbocycles. The minimum Gasteiger partial charge on any atom is -0.338 e. The van der Waals surface area contributed by atoms with Crippen LogP contribution < -0.4 is 0 Å². The lowest BCUT2D eigenvalue weighted by atomic mass is 9.91. The summed E-state index contributed by atoms with van der Waals surface area (Å²) in [6.45, 7) is 5.13. The Morgan fingerprint density at radius 3 is 1.85 bits per heavy atom. The van der Waals surface area contributed by atoms with Crippen LogP contribution in [-0.4, -0.2) is 45.3 Å². The maximum Gasteiger partial charge on any atom is 0.226 e. The van der Waals surface area contributed by atoms with Crippen LogP contribution in [-0.2, 0) is 30.7 Å². The lowest BCUT2D eigenvalue weighted by Crippen LogP contribution is -2.41. The number of amides is 1. The Hall–Kier alpha value is -3.83. The molecule has 5 nitrogen and oxygen atoms in total. The highest BCUT2D eigenvalue weighted by Crippen LogP contribution is 2.24. The van der Waals surface area contributed by atoms with Gasteiger partial charge in [-0.1, -0.05) is 72.8 Å². The first kappa shape index (κ1) is 28.7. The molecule has 0 bridgehead atoms. The minimum atomic E-state index is 0.103. The van der Waals surface area contributed by atoms with Crippen molar-refractivity contribution in [3.63, 3.8) is 0 Å². The summed E-state index contributed by atoms with van der Waals surface area (Å²) in [5.74, 6) is 1.16. The van der Waals surface area contributed by atoms with Gasteiger partial charge in [0.25, 0.3) is 0 Å². The Morgan fingerprint density at radius 2 is 1.22 bits per heavy atom. The van der Waals surface area contributed by atoms with Crippen molar-refractivity contribution in [2.24, 2.45) is 11.8 Å². The number of likely N-dealkylation sites (tertiary alicyclic amines) is 2. The molecule has 0 N–H and O–H groups in total. The third kappa shape index (κ3) is 9.09. The first-order chi connectivity index (χ1) is 20.2. The van der Waals surface area contributed by atoms with Crippen molar-refractivity contribution in [2.75, 3.05) is 19.6 Å². The van der Waals surface area contributed by atoms with Crippen molar-refractivity contribution < 1.29 is 4.79 Å². The van der Waals surface area contributed by atoms with E-state index in [2.05, 4.69) is 69.5 Å². The number of hydrogen-bond donors (Lipinski definition) is 0. The molecule has 2 aliphatic heterocycles. The van der Waals surface area contributed by atoms with Gasteiger partial charge in [-0.15, -0.1) is 0 Å². The van der Waals surface area contributed by atoms with Crippen molar-refractivity contribution in [1.29, 1.82) is 0 Å². The van der Waals surface area contributed by atoms with E-state index in [9.17, 15) is 4.79 Å². The number of nitrogens with zero attached hydrogens (tertiary/aromatic N) is 4. The molecule has 6 rings (SSSR count). The standard InChI is InChI=1S/C18H20N2O.C18H22N2/c21-18-17(12-16-8-4-10-19-13-16)9-5-11-20(18)14-15-6-2-1-3-7-15;1-2-6-16(7-3-1)14-20-11-5-9-18(15-20)12-17-8-4-10-19-13-17/h1-4,6-8,10,13,17H,5,9,11-12,14H2;1-4,6-8,10,13,18H,5,9,11-12,14-15H2. The molecule has 41 heavy (non-hydrogen) atoms. The molecule has 1 amide bonds. The third-order valence-corrected chi connectivity index (χ3v) is 8.16. The summed E-state index contributed by atoms with van der Waals surface area (Å²) < 4.78 is 0. The summed E-state index contributed by atoms with van der Waals surface area (Å²) in [5, 5.41) is 0. The molecular formula is C36H42N4O. The normalized spacial score (nSPS) is 19.3. The van der Waals surface area contributed by atoms with Gasteiger partial charge in [-0.3, -0.25) is 19.7 Å². The van der Waals surface area contributed by atoms with Gasteiger partial charge in [0.1, 0.15) is 0 Å². The van der Waals surface area contributed by atoms with E-state index in [1.165, 1.54) is 49.0 Å². The number of hydrogen-bond acceptors (Lipinski definition) is 4. The van der Waals surface area contributed by atoms with Gasteiger partial charge in [0.15, 0.2) is 0 Å². The van der Waals surface area contributed by atoms with Gasteiger partial charge < -0.3 is 4.90 Å². The quantitative estimate of drug-likeness (QED) is 0.250. The number of benzene rings is 2. The summed E-state index contributed by atoms with van der Waals surface area (Å²) >= 11 is 0. The molecular weight excluding hydrogens is 504 g/mol. The lowest BCUT2D eigenvalue weighted by Gasteiger charge is -2.32. The van der Waals surface area contributed by atoms with E-state index in [0.717, 1.165) is 50.4 Å². The first-order valence-corrected chi connectivity index (χ1v) is 15.1. The van der Waals surface area contributed by atoms with E-state index in [1.807, 2.05) is 53.8 Å². The fourth-order valence-electron chi connectivity index (χ4n) is 6.13. The maximum atomic E-state index is 12.6. The van der Waals surface area contributed by atoms with Gasteiger partial charge in [0.2, 0.25) is 5.91 Å². The zero-order valence-corrected chi connectivity index (χ0v) is 24.0. The number of carbonyl (C=O) groups is 1. The Labute approximate surface area is 245 Å². The summed E-state index contributed by atoms with van der Waals surface area (Å²) in [4.78, 5) is 25.6. The van der Waals surface area contributed by atoms with Crippen molar-refractivity contribution >= 4 is 5.91 Å². The van der Waals surface area contributed by atoms with Crippen LogP contribution in [0.3, 0.4) is 0 Å². The Balaban J connectivity index is 0.000000165. The van der Waals surface area contributed by atoms with E-state index in [0.29, 0.717) is 0 Å². The smallest absolute Gasteiger partial charge is 0.226 e. The molecule has 2 aromatic carbocycles. The van der Waals surface area contributed by atoms with Crippen LogP contribution in [0, 0.1) is 11.8 Å². The second-order valence-electron chi connectivity index (χ2n) is 11.4. The van der Waals surface area contributed by atoms with E-state index in [1.54, 1.807) is 6.20 Å². The van der Waals surface area contributed by atoms with Crippen molar-refractivity contribution in [1.82, 2.24) is 19.8 Å². The van der Waals surface area contributed by atoms with E-state index >= 15 is 0 Å². The Morgan fingerprint density at radius 1 is 0.634 bits per heavy atom. The third-order valence-electron chi connectivity index (χ3n) is 8.16. The fourth-order valence-corrected chi connectivity index (χ4v) is 6.13. The van der Waals surface area contributed by atoms with Crippen molar-refractivity contribution in [3.8, 4) is 0 Å². The second-order valence-corrected chi connectivity index (χ2v) is 11.4. The van der Waals surface area contributed by atoms with Crippen LogP contribution in [0.25, 0.3) is 0 Å². The number of aromatic nitrogens is 2. The molecule has 2 fully saturated rings. The Kier molecular flexibility index (Phi) is 10.7. The van der Waals surface area contributed by atoms with E-state index in [-0.39, 0.29) is 11.8 Å². The molecule has 0 spiro atoms. The van der Waals surface area contributed by atoms with Crippen molar-refractivity contribution in [2.45, 2.75) is 51.6 Å². The van der Waals surface area contributed by atoms with Gasteiger partial charge >= 0.3 is 0 Å². The van der Waals surface area contributed by atoms with Crippen LogP contribution in [0.5, 0.6) is 0 Å². The molecule has 2 saturated heterocycles. The molecule has 2 aliphatic rings. The van der Waals surface area contributed by atoms with Gasteiger partial charge in [0, 0.05) is 56.9 Å². The van der Waals surface area contributed by atoms with Crippen LogP contribution in [0.15, 0.2) is 110 Å². The largest absolute Gasteiger partial charge is 0.338 e. The summed E-state index contributed by atoms with van der Waals surface area (Å²) in [6.07, 6.45) is 14.2. The zero-order valence-electron chi connectivity index (χ0n) is 24.0. The zero-order chi connectivity index (χ0) is 28.1. The average Bonchev–Trinajstić information content (AvgIpc) is 3.02. The number of pyridine rings is 2. The highest BCUT2D eigenvalue weighted by molar-refractivity contribution is 5.79. The number of rotatable bonds is 8. The molecule has 212 valence electrons. The monoisotopic (exact) mass is 546 g/mol. The molecule has 5 heteroatoms. The molecule has 2 unspecified atom stereocenters. The predicted octanol–water partition coefficient (Wildman–Crippen LogP) is 6.60. The topological polar surface area (TPSA) is 49.3 Å². The SMILES string of the molecule is O=C1C(Cc2cccnc2)CCCN1Cc1ccccc1.c1ccc(CN2CCCC(Cc3cccnc3)C2)cc1. The average molecular weight is 547 g/mol. The second kappa shape index (κ2) is 15.2. The fraction of sp³-hybridized carbons (Fsp3) is 0.361. The van der Waals surface area contributed by atoms with Crippen LogP contribution in [0.4, 0.5) is 0 Å². The highest BCUT2D eigenvalue weighted by Gasteiger charge is 2.28. The lowest BCUT2D eigenvalue weighted by molar-refractivity contribution is -0.139. The van der Waals surface area contributed by atoms with Gasteiger partial charge in [-0.25, -0.2) is 0 Å². The maximum absolute atomic E-state index is 12.6. The Bertz CT molecular complexity index is 1200. The van der Waals surface area contributed by atoms with Gasteiger partial charge in [-0.2, -0.15) is 0 Å². The molecule has 0 radical (unpaired) electrons. The highest BCUT2D eigenvalue weighted by atomic mass is 16.2. The predicted molar refractivity (Wildman–Crippen MR) is 165 cm³/mol. The molecule has 4 aromatic rings.